The monoisotopic (exact) mass is 226 g/mol. The second-order valence-corrected chi connectivity index (χ2v) is 3.97. The van der Waals surface area contributed by atoms with Crippen LogP contribution in [-0.4, -0.2) is 23.8 Å². The van der Waals surface area contributed by atoms with Gasteiger partial charge >= 0.3 is 5.97 Å². The number of ether oxygens (including phenoxy) is 1. The number of hydrogen-bond acceptors (Lipinski definition) is 3. The summed E-state index contributed by atoms with van der Waals surface area (Å²) >= 11 is 0. The number of esters is 1. The Morgan fingerprint density at radius 1 is 1.31 bits per heavy atom. The van der Waals surface area contributed by atoms with Crippen molar-refractivity contribution >= 4 is 5.97 Å². The van der Waals surface area contributed by atoms with Crippen molar-refractivity contribution in [3.8, 4) is 0 Å². The Bertz CT molecular complexity index is 277. The topological polar surface area (TPSA) is 46.5 Å². The maximum absolute atomic E-state index is 10.7. The van der Waals surface area contributed by atoms with Crippen LogP contribution in [0.3, 0.4) is 0 Å². The molecule has 0 aromatic carbocycles. The average molecular weight is 226 g/mol. The molecule has 0 aromatic heterocycles. The van der Waals surface area contributed by atoms with Crippen molar-refractivity contribution in [2.45, 2.75) is 46.6 Å². The van der Waals surface area contributed by atoms with Crippen molar-refractivity contribution in [2.24, 2.45) is 0 Å². The first-order valence-electron chi connectivity index (χ1n) is 5.57. The first-order chi connectivity index (χ1) is 7.47. The third-order valence-corrected chi connectivity index (χ3v) is 2.43. The van der Waals surface area contributed by atoms with Crippen LogP contribution in [0, 0.1) is 0 Å². The van der Waals surface area contributed by atoms with Crippen LogP contribution in [-0.2, 0) is 9.53 Å². The summed E-state index contributed by atoms with van der Waals surface area (Å²) in [5.74, 6) is -0.253. The second-order valence-electron chi connectivity index (χ2n) is 3.97. The van der Waals surface area contributed by atoms with Crippen LogP contribution in [0.2, 0.25) is 0 Å². The van der Waals surface area contributed by atoms with Crippen LogP contribution in [0.5, 0.6) is 0 Å². The van der Waals surface area contributed by atoms with Crippen molar-refractivity contribution in [3.05, 3.63) is 23.3 Å². The zero-order chi connectivity index (χ0) is 12.6. The molecule has 0 radical (unpaired) electrons. The number of hydrogen-bond donors (Lipinski definition) is 1. The number of rotatable bonds is 6. The largest absolute Gasteiger partial charge is 0.458 e. The SMILES string of the molecule is CC(=O)OC(C)C(C)=CCCC(C)=CCO. The van der Waals surface area contributed by atoms with Gasteiger partial charge in [-0.2, -0.15) is 0 Å². The molecular formula is C13H22O3. The van der Waals surface area contributed by atoms with E-state index in [2.05, 4.69) is 6.08 Å². The zero-order valence-electron chi connectivity index (χ0n) is 10.6. The first-order valence-corrected chi connectivity index (χ1v) is 5.57. The summed E-state index contributed by atoms with van der Waals surface area (Å²) in [6, 6.07) is 0. The van der Waals surface area contributed by atoms with E-state index in [0.717, 1.165) is 18.4 Å². The molecule has 0 aliphatic rings. The van der Waals surface area contributed by atoms with Gasteiger partial charge in [-0.15, -0.1) is 0 Å². The number of carbonyl (C=O) groups is 1. The van der Waals surface area contributed by atoms with E-state index in [1.807, 2.05) is 20.8 Å². The molecule has 1 atom stereocenters. The molecule has 3 nitrogen and oxygen atoms in total. The van der Waals surface area contributed by atoms with Crippen molar-refractivity contribution in [3.63, 3.8) is 0 Å². The number of allylic oxidation sites excluding steroid dienone is 2. The highest BCUT2D eigenvalue weighted by molar-refractivity contribution is 5.66. The molecular weight excluding hydrogens is 204 g/mol. The Kier molecular flexibility index (Phi) is 7.56. The summed E-state index contributed by atoms with van der Waals surface area (Å²) in [6.45, 7) is 7.33. The third-order valence-electron chi connectivity index (χ3n) is 2.43. The van der Waals surface area contributed by atoms with Gasteiger partial charge in [-0.05, 0) is 39.2 Å². The number of aliphatic hydroxyl groups excluding tert-OH is 1. The molecule has 0 fully saturated rings. The first kappa shape index (κ1) is 14.9. The fourth-order valence-electron chi connectivity index (χ4n) is 1.29. The highest BCUT2D eigenvalue weighted by Crippen LogP contribution is 2.10. The van der Waals surface area contributed by atoms with Gasteiger partial charge in [0.25, 0.3) is 0 Å². The molecule has 0 spiro atoms. The Labute approximate surface area is 97.8 Å². The van der Waals surface area contributed by atoms with E-state index in [-0.39, 0.29) is 18.7 Å². The molecule has 92 valence electrons. The van der Waals surface area contributed by atoms with Gasteiger partial charge < -0.3 is 9.84 Å². The molecule has 1 unspecified atom stereocenters. The summed E-state index contributed by atoms with van der Waals surface area (Å²) in [5, 5.41) is 8.68. The maximum atomic E-state index is 10.7. The summed E-state index contributed by atoms with van der Waals surface area (Å²) in [7, 11) is 0. The molecule has 0 bridgehead atoms. The zero-order valence-corrected chi connectivity index (χ0v) is 10.6. The van der Waals surface area contributed by atoms with E-state index in [1.54, 1.807) is 6.08 Å². The lowest BCUT2D eigenvalue weighted by atomic mass is 10.1. The van der Waals surface area contributed by atoms with Crippen LogP contribution < -0.4 is 0 Å². The van der Waals surface area contributed by atoms with E-state index in [0.29, 0.717) is 0 Å². The van der Waals surface area contributed by atoms with Crippen LogP contribution in [0.4, 0.5) is 0 Å². The van der Waals surface area contributed by atoms with E-state index in [4.69, 9.17) is 9.84 Å². The molecule has 0 amide bonds. The van der Waals surface area contributed by atoms with Gasteiger partial charge in [0.15, 0.2) is 0 Å². The van der Waals surface area contributed by atoms with Crippen LogP contribution in [0.1, 0.15) is 40.5 Å². The van der Waals surface area contributed by atoms with Crippen LogP contribution >= 0.6 is 0 Å². The van der Waals surface area contributed by atoms with E-state index in [1.165, 1.54) is 12.5 Å². The quantitative estimate of drug-likeness (QED) is 0.559. The van der Waals surface area contributed by atoms with E-state index in [9.17, 15) is 4.79 Å². The molecule has 0 aliphatic carbocycles. The Morgan fingerprint density at radius 3 is 2.44 bits per heavy atom. The van der Waals surface area contributed by atoms with Crippen LogP contribution in [0.15, 0.2) is 23.3 Å². The van der Waals surface area contributed by atoms with Crippen molar-refractivity contribution < 1.29 is 14.6 Å². The van der Waals surface area contributed by atoms with Gasteiger partial charge in [0, 0.05) is 6.92 Å². The van der Waals surface area contributed by atoms with E-state index >= 15 is 0 Å². The van der Waals surface area contributed by atoms with Gasteiger partial charge in [-0.3, -0.25) is 4.79 Å². The van der Waals surface area contributed by atoms with Crippen molar-refractivity contribution in [1.29, 1.82) is 0 Å². The lowest BCUT2D eigenvalue weighted by molar-refractivity contribution is -0.143. The molecule has 16 heavy (non-hydrogen) atoms. The molecule has 3 heteroatoms. The smallest absolute Gasteiger partial charge is 0.303 e. The van der Waals surface area contributed by atoms with Gasteiger partial charge in [0.1, 0.15) is 6.10 Å². The Hall–Kier alpha value is -1.09. The minimum atomic E-state index is -0.253. The fraction of sp³-hybridized carbons (Fsp3) is 0.615. The summed E-state index contributed by atoms with van der Waals surface area (Å²) in [5.41, 5.74) is 2.23. The minimum Gasteiger partial charge on any atom is -0.458 e. The van der Waals surface area contributed by atoms with Crippen molar-refractivity contribution in [2.75, 3.05) is 6.61 Å². The molecule has 1 N–H and O–H groups in total. The molecule has 0 aliphatic heterocycles. The number of carbonyl (C=O) groups excluding carboxylic acids is 1. The minimum absolute atomic E-state index is 0.0956. The molecule has 0 rings (SSSR count). The molecule has 0 aromatic rings. The average Bonchev–Trinajstić information content (AvgIpc) is 2.16. The standard InChI is InChI=1S/C13H22O3/c1-10(8-9-14)6-5-7-11(2)12(3)16-13(4)15/h7-8,12,14H,5-6,9H2,1-4H3. The fourth-order valence-corrected chi connectivity index (χ4v) is 1.29. The summed E-state index contributed by atoms with van der Waals surface area (Å²) < 4.78 is 5.06. The second kappa shape index (κ2) is 8.11. The van der Waals surface area contributed by atoms with Gasteiger partial charge in [0.05, 0.1) is 6.61 Å². The predicted molar refractivity (Wildman–Crippen MR) is 65.1 cm³/mol. The summed E-state index contributed by atoms with van der Waals surface area (Å²) in [6.07, 6.45) is 5.55. The van der Waals surface area contributed by atoms with Gasteiger partial charge in [-0.25, -0.2) is 0 Å². The van der Waals surface area contributed by atoms with E-state index < -0.39 is 0 Å². The molecule has 0 saturated carbocycles. The van der Waals surface area contributed by atoms with Gasteiger partial charge in [0.2, 0.25) is 0 Å². The predicted octanol–water partition coefficient (Wildman–Crippen LogP) is 2.60. The lowest BCUT2D eigenvalue weighted by Crippen LogP contribution is -2.13. The molecule has 0 saturated heterocycles. The van der Waals surface area contributed by atoms with Crippen LogP contribution in [0.25, 0.3) is 0 Å². The normalized spacial score (nSPS) is 14.8. The van der Waals surface area contributed by atoms with Crippen molar-refractivity contribution in [1.82, 2.24) is 0 Å². The Balaban J connectivity index is 4.04. The molecule has 0 heterocycles. The third kappa shape index (κ3) is 7.23. The highest BCUT2D eigenvalue weighted by atomic mass is 16.5. The lowest BCUT2D eigenvalue weighted by Gasteiger charge is -2.12. The summed E-state index contributed by atoms with van der Waals surface area (Å²) in [4.78, 5) is 10.7. The highest BCUT2D eigenvalue weighted by Gasteiger charge is 2.06. The number of aliphatic hydroxyl groups is 1. The van der Waals surface area contributed by atoms with Gasteiger partial charge in [-0.1, -0.05) is 17.7 Å². The Morgan fingerprint density at radius 2 is 1.94 bits per heavy atom. The maximum Gasteiger partial charge on any atom is 0.303 e.